The van der Waals surface area contributed by atoms with Gasteiger partial charge >= 0.3 is 0 Å². The van der Waals surface area contributed by atoms with Crippen LogP contribution < -0.4 is 0 Å². The molecule has 30 heavy (non-hydrogen) atoms. The lowest BCUT2D eigenvalue weighted by molar-refractivity contribution is -0.117. The molecule has 0 spiro atoms. The van der Waals surface area contributed by atoms with Crippen molar-refractivity contribution < 1.29 is 4.79 Å². The van der Waals surface area contributed by atoms with Crippen molar-refractivity contribution in [1.29, 1.82) is 0 Å². The number of benzene rings is 2. The molecule has 0 saturated heterocycles. The Balaban J connectivity index is 1.56. The van der Waals surface area contributed by atoms with Crippen molar-refractivity contribution in [3.8, 4) is 11.3 Å². The highest BCUT2D eigenvalue weighted by Gasteiger charge is 2.20. The summed E-state index contributed by atoms with van der Waals surface area (Å²) in [6.07, 6.45) is 8.69. The van der Waals surface area contributed by atoms with E-state index < -0.39 is 0 Å². The first kappa shape index (κ1) is 20.5. The van der Waals surface area contributed by atoms with Crippen LogP contribution in [0.1, 0.15) is 53.8 Å². The normalized spacial score (nSPS) is 14.2. The Bertz CT molecular complexity index is 1000. The minimum atomic E-state index is 0.198. The van der Waals surface area contributed by atoms with Gasteiger partial charge in [0.05, 0.1) is 29.7 Å². The van der Waals surface area contributed by atoms with Gasteiger partial charge in [-0.1, -0.05) is 85.3 Å². The van der Waals surface area contributed by atoms with Gasteiger partial charge in [-0.05, 0) is 31.7 Å². The van der Waals surface area contributed by atoms with Gasteiger partial charge in [0, 0.05) is 12.0 Å². The van der Waals surface area contributed by atoms with Crippen molar-refractivity contribution in [1.82, 2.24) is 9.97 Å². The van der Waals surface area contributed by atoms with Crippen LogP contribution in [0.25, 0.3) is 11.3 Å². The molecule has 0 unspecified atom stereocenters. The standard InChI is InChI=1S/C27H30N2O/c1-19-7-11-22(12-8-19)15-24(30)17-25-26(16-21-5-3-4-6-21)29-27(18-28-25)23-13-9-20(2)10-14-23/h7-14,18,21H,3-6,15-17H2,1-2H3. The zero-order valence-electron chi connectivity index (χ0n) is 18.0. The molecule has 0 amide bonds. The van der Waals surface area contributed by atoms with Gasteiger partial charge in [0.15, 0.2) is 0 Å². The number of ketones is 1. The van der Waals surface area contributed by atoms with Gasteiger partial charge in [-0.3, -0.25) is 9.78 Å². The summed E-state index contributed by atoms with van der Waals surface area (Å²) in [7, 11) is 0. The van der Waals surface area contributed by atoms with E-state index in [0.717, 1.165) is 34.6 Å². The first-order valence-electron chi connectivity index (χ1n) is 11.1. The Kier molecular flexibility index (Phi) is 6.37. The largest absolute Gasteiger partial charge is 0.299 e. The minimum absolute atomic E-state index is 0.198. The highest BCUT2D eigenvalue weighted by atomic mass is 16.1. The lowest BCUT2D eigenvalue weighted by Crippen LogP contribution is -2.13. The first-order chi connectivity index (χ1) is 14.6. The molecule has 1 aliphatic carbocycles. The predicted octanol–water partition coefficient (Wildman–Crippen LogP) is 5.85. The second-order valence-corrected chi connectivity index (χ2v) is 8.75. The zero-order valence-corrected chi connectivity index (χ0v) is 18.0. The van der Waals surface area contributed by atoms with Crippen molar-refractivity contribution >= 4 is 5.78 Å². The molecule has 3 nitrogen and oxygen atoms in total. The van der Waals surface area contributed by atoms with Crippen LogP contribution in [-0.2, 0) is 24.1 Å². The van der Waals surface area contributed by atoms with Crippen molar-refractivity contribution in [2.24, 2.45) is 5.92 Å². The number of hydrogen-bond acceptors (Lipinski definition) is 3. The first-order valence-corrected chi connectivity index (χ1v) is 11.1. The summed E-state index contributed by atoms with van der Waals surface area (Å²) >= 11 is 0. The van der Waals surface area contributed by atoms with Gasteiger partial charge in [-0.15, -0.1) is 0 Å². The minimum Gasteiger partial charge on any atom is -0.299 e. The van der Waals surface area contributed by atoms with Crippen molar-refractivity contribution in [2.45, 2.75) is 58.8 Å². The summed E-state index contributed by atoms with van der Waals surface area (Å²) < 4.78 is 0. The molecule has 4 rings (SSSR count). The van der Waals surface area contributed by atoms with Crippen LogP contribution in [-0.4, -0.2) is 15.8 Å². The fourth-order valence-electron chi connectivity index (χ4n) is 4.30. The molecule has 1 aromatic heterocycles. The molecule has 0 radical (unpaired) electrons. The average Bonchev–Trinajstić information content (AvgIpc) is 3.25. The van der Waals surface area contributed by atoms with E-state index in [2.05, 4.69) is 50.2 Å². The number of Topliss-reactive ketones (excluding diaryl/α,β-unsaturated/α-hetero) is 1. The molecule has 1 aliphatic rings. The Labute approximate surface area is 179 Å². The summed E-state index contributed by atoms with van der Waals surface area (Å²) in [6.45, 7) is 4.15. The zero-order chi connectivity index (χ0) is 20.9. The van der Waals surface area contributed by atoms with E-state index in [1.165, 1.54) is 36.8 Å². The second kappa shape index (κ2) is 9.34. The van der Waals surface area contributed by atoms with E-state index in [9.17, 15) is 4.79 Å². The molecule has 154 valence electrons. The van der Waals surface area contributed by atoms with E-state index in [1.54, 1.807) is 0 Å². The van der Waals surface area contributed by atoms with Gasteiger partial charge in [0.25, 0.3) is 0 Å². The molecule has 0 atom stereocenters. The lowest BCUT2D eigenvalue weighted by Gasteiger charge is -2.14. The summed E-state index contributed by atoms with van der Waals surface area (Å²) in [4.78, 5) is 22.5. The van der Waals surface area contributed by atoms with Crippen LogP contribution in [0.5, 0.6) is 0 Å². The SMILES string of the molecule is Cc1ccc(CC(=O)Cc2ncc(-c3ccc(C)cc3)nc2CC2CCCC2)cc1. The number of rotatable bonds is 7. The molecule has 0 bridgehead atoms. The summed E-state index contributed by atoms with van der Waals surface area (Å²) in [6, 6.07) is 16.6. The number of hydrogen-bond donors (Lipinski definition) is 0. The number of carbonyl (C=O) groups excluding carboxylic acids is 1. The molecule has 1 fully saturated rings. The van der Waals surface area contributed by atoms with E-state index in [4.69, 9.17) is 9.97 Å². The lowest BCUT2D eigenvalue weighted by atomic mass is 9.97. The summed E-state index contributed by atoms with van der Waals surface area (Å²) in [5.41, 5.74) is 7.36. The highest BCUT2D eigenvalue weighted by molar-refractivity contribution is 5.83. The van der Waals surface area contributed by atoms with Crippen molar-refractivity contribution in [3.05, 3.63) is 82.8 Å². The van der Waals surface area contributed by atoms with Crippen LogP contribution in [0.15, 0.2) is 54.7 Å². The van der Waals surface area contributed by atoms with Crippen LogP contribution in [0.2, 0.25) is 0 Å². The van der Waals surface area contributed by atoms with E-state index >= 15 is 0 Å². The van der Waals surface area contributed by atoms with E-state index in [-0.39, 0.29) is 5.78 Å². The van der Waals surface area contributed by atoms with Crippen LogP contribution in [0.4, 0.5) is 0 Å². The number of aromatic nitrogens is 2. The highest BCUT2D eigenvalue weighted by Crippen LogP contribution is 2.29. The molecular formula is C27H30N2O. The quantitative estimate of drug-likeness (QED) is 0.501. The molecular weight excluding hydrogens is 368 g/mol. The Morgan fingerprint density at radius 2 is 1.50 bits per heavy atom. The van der Waals surface area contributed by atoms with Crippen LogP contribution in [0, 0.1) is 19.8 Å². The predicted molar refractivity (Wildman–Crippen MR) is 121 cm³/mol. The van der Waals surface area contributed by atoms with Crippen LogP contribution in [0.3, 0.4) is 0 Å². The van der Waals surface area contributed by atoms with Crippen LogP contribution >= 0.6 is 0 Å². The third-order valence-corrected chi connectivity index (χ3v) is 6.12. The molecule has 3 aromatic rings. The van der Waals surface area contributed by atoms with Crippen molar-refractivity contribution in [2.75, 3.05) is 0 Å². The number of carbonyl (C=O) groups is 1. The Morgan fingerprint density at radius 3 is 2.17 bits per heavy atom. The van der Waals surface area contributed by atoms with Gasteiger partial charge in [0.2, 0.25) is 0 Å². The molecule has 3 heteroatoms. The maximum Gasteiger partial charge on any atom is 0.143 e. The Hall–Kier alpha value is -2.81. The topological polar surface area (TPSA) is 42.9 Å². The third-order valence-electron chi connectivity index (χ3n) is 6.12. The summed E-state index contributed by atoms with van der Waals surface area (Å²) in [5, 5.41) is 0. The average molecular weight is 399 g/mol. The maximum atomic E-state index is 12.8. The fourth-order valence-corrected chi connectivity index (χ4v) is 4.30. The number of nitrogens with zero attached hydrogens (tertiary/aromatic N) is 2. The van der Waals surface area contributed by atoms with Gasteiger partial charge in [-0.2, -0.15) is 0 Å². The smallest absolute Gasteiger partial charge is 0.143 e. The second-order valence-electron chi connectivity index (χ2n) is 8.75. The molecule has 0 aliphatic heterocycles. The maximum absolute atomic E-state index is 12.8. The fraction of sp³-hybridized carbons (Fsp3) is 0.370. The molecule has 1 heterocycles. The van der Waals surface area contributed by atoms with Gasteiger partial charge in [-0.25, -0.2) is 4.98 Å². The van der Waals surface area contributed by atoms with Crippen molar-refractivity contribution in [3.63, 3.8) is 0 Å². The third kappa shape index (κ3) is 5.21. The monoisotopic (exact) mass is 398 g/mol. The van der Waals surface area contributed by atoms with E-state index in [0.29, 0.717) is 18.8 Å². The molecule has 0 N–H and O–H groups in total. The van der Waals surface area contributed by atoms with Gasteiger partial charge < -0.3 is 0 Å². The Morgan fingerprint density at radius 1 is 0.867 bits per heavy atom. The van der Waals surface area contributed by atoms with E-state index in [1.807, 2.05) is 18.3 Å². The van der Waals surface area contributed by atoms with Gasteiger partial charge in [0.1, 0.15) is 5.78 Å². The molecule has 1 saturated carbocycles. The number of aryl methyl sites for hydroxylation is 2. The summed E-state index contributed by atoms with van der Waals surface area (Å²) in [5.74, 6) is 0.863. The molecule has 2 aromatic carbocycles.